The molecule has 30 heavy (non-hydrogen) atoms. The first-order valence-corrected chi connectivity index (χ1v) is 11.3. The molecule has 4 aromatic rings. The molecule has 2 aromatic heterocycles. The number of thiazole rings is 1. The number of nitriles is 1. The predicted molar refractivity (Wildman–Crippen MR) is 123 cm³/mol. The summed E-state index contributed by atoms with van der Waals surface area (Å²) < 4.78 is 9.84. The lowest BCUT2D eigenvalue weighted by Crippen LogP contribution is -2.21. The number of para-hydroxylation sites is 1. The van der Waals surface area contributed by atoms with Gasteiger partial charge >= 0.3 is 0 Å². The molecule has 6 nitrogen and oxygen atoms in total. The minimum absolute atomic E-state index is 0.172. The van der Waals surface area contributed by atoms with E-state index in [2.05, 4.69) is 6.07 Å². The summed E-state index contributed by atoms with van der Waals surface area (Å²) in [5.41, 5.74) is 1.79. The van der Waals surface area contributed by atoms with Gasteiger partial charge in [-0.15, -0.1) is 0 Å². The second-order valence-electron chi connectivity index (χ2n) is 6.10. The van der Waals surface area contributed by atoms with Gasteiger partial charge in [-0.1, -0.05) is 41.3 Å². The maximum Gasteiger partial charge on any atom is 0.278 e. The number of thioether (sulfide) groups is 1. The Kier molecular flexibility index (Phi) is 5.99. The minimum Gasteiger partial charge on any atom is -0.494 e. The molecule has 0 N–H and O–H groups in total. The fourth-order valence-electron chi connectivity index (χ4n) is 3.02. The maximum absolute atomic E-state index is 13.5. The Bertz CT molecular complexity index is 1350. The first-order chi connectivity index (χ1) is 14.6. The third kappa shape index (κ3) is 3.77. The lowest BCUT2D eigenvalue weighted by molar-refractivity contribution is 0.340. The maximum atomic E-state index is 13.5. The molecule has 150 valence electrons. The summed E-state index contributed by atoms with van der Waals surface area (Å²) >= 11 is 8.00. The van der Waals surface area contributed by atoms with Gasteiger partial charge in [-0.3, -0.25) is 13.9 Å². The molecule has 0 saturated carbocycles. The molecular weight excluding hydrogens is 436 g/mol. The normalized spacial score (nSPS) is 10.8. The summed E-state index contributed by atoms with van der Waals surface area (Å²) in [4.78, 5) is 18.2. The Morgan fingerprint density at radius 1 is 1.13 bits per heavy atom. The lowest BCUT2D eigenvalue weighted by atomic mass is 10.3. The van der Waals surface area contributed by atoms with Gasteiger partial charge in [-0.05, 0) is 55.5 Å². The summed E-state index contributed by atoms with van der Waals surface area (Å²) in [7, 11) is 0. The van der Waals surface area contributed by atoms with Crippen molar-refractivity contribution in [2.24, 2.45) is 0 Å². The molecule has 4 rings (SSSR count). The Labute approximate surface area is 186 Å². The summed E-state index contributed by atoms with van der Waals surface area (Å²) in [6.45, 7) is 2.48. The fourth-order valence-corrected chi connectivity index (χ4v) is 4.99. The first-order valence-electron chi connectivity index (χ1n) is 9.11. The van der Waals surface area contributed by atoms with Gasteiger partial charge in [-0.25, -0.2) is 4.98 Å². The van der Waals surface area contributed by atoms with E-state index in [1.165, 1.54) is 27.7 Å². The van der Waals surface area contributed by atoms with Crippen molar-refractivity contribution in [3.05, 3.63) is 68.9 Å². The zero-order valence-electron chi connectivity index (χ0n) is 15.9. The molecule has 0 spiro atoms. The molecule has 0 aliphatic rings. The zero-order chi connectivity index (χ0) is 21.1. The number of rotatable bonds is 6. The SMILES string of the molecule is CCOc1ccc(-n2c(SCC#N)nc3c(sc(=S)n3-c3ccccc3)c2=O)cc1. The molecule has 0 bridgehead atoms. The van der Waals surface area contributed by atoms with Gasteiger partial charge in [-0.2, -0.15) is 5.26 Å². The van der Waals surface area contributed by atoms with Crippen molar-refractivity contribution in [2.75, 3.05) is 12.4 Å². The standard InChI is InChI=1S/C21H16N4O2S3/c1-2-27-16-10-8-15(9-11-16)25-19(26)17-18(23-20(25)29-13-12-22)24(21(28)30-17)14-6-4-3-5-7-14/h3-11H,2,13H2,1H3. The highest BCUT2D eigenvalue weighted by Crippen LogP contribution is 2.27. The van der Waals surface area contributed by atoms with Crippen LogP contribution in [0.2, 0.25) is 0 Å². The molecule has 0 atom stereocenters. The van der Waals surface area contributed by atoms with Gasteiger partial charge in [0.2, 0.25) is 0 Å². The van der Waals surface area contributed by atoms with Gasteiger partial charge in [0.1, 0.15) is 10.4 Å². The van der Waals surface area contributed by atoms with Crippen LogP contribution < -0.4 is 10.3 Å². The first kappa shape index (κ1) is 20.3. The topological polar surface area (TPSA) is 72.8 Å². The van der Waals surface area contributed by atoms with E-state index >= 15 is 0 Å². The van der Waals surface area contributed by atoms with Crippen LogP contribution in [-0.4, -0.2) is 26.5 Å². The van der Waals surface area contributed by atoms with Crippen LogP contribution in [-0.2, 0) is 0 Å². The van der Waals surface area contributed by atoms with E-state index in [0.29, 0.717) is 31.8 Å². The second kappa shape index (κ2) is 8.83. The average Bonchev–Trinajstić information content (AvgIpc) is 3.10. The van der Waals surface area contributed by atoms with E-state index in [1.54, 1.807) is 4.57 Å². The van der Waals surface area contributed by atoms with Crippen molar-refractivity contribution in [2.45, 2.75) is 12.1 Å². The lowest BCUT2D eigenvalue weighted by Gasteiger charge is -2.12. The Morgan fingerprint density at radius 3 is 2.50 bits per heavy atom. The molecule has 0 radical (unpaired) electrons. The largest absolute Gasteiger partial charge is 0.494 e. The molecule has 0 amide bonds. The molecular formula is C21H16N4O2S3. The number of ether oxygens (including phenoxy) is 1. The predicted octanol–water partition coefficient (Wildman–Crippen LogP) is 4.98. The van der Waals surface area contributed by atoms with Crippen LogP contribution in [0.25, 0.3) is 21.7 Å². The van der Waals surface area contributed by atoms with Gasteiger partial charge in [0.05, 0.1) is 24.1 Å². The van der Waals surface area contributed by atoms with Crippen LogP contribution in [0, 0.1) is 15.3 Å². The van der Waals surface area contributed by atoms with Crippen LogP contribution in [0.4, 0.5) is 0 Å². The number of benzene rings is 2. The third-order valence-corrected chi connectivity index (χ3v) is 6.42. The Balaban J connectivity index is 1.97. The quantitative estimate of drug-likeness (QED) is 0.233. The highest BCUT2D eigenvalue weighted by Gasteiger charge is 2.19. The second-order valence-corrected chi connectivity index (χ2v) is 8.69. The number of nitrogens with zero attached hydrogens (tertiary/aromatic N) is 4. The average molecular weight is 453 g/mol. The monoisotopic (exact) mass is 452 g/mol. The van der Waals surface area contributed by atoms with E-state index in [1.807, 2.05) is 61.5 Å². The van der Waals surface area contributed by atoms with Crippen LogP contribution in [0.15, 0.2) is 64.5 Å². The van der Waals surface area contributed by atoms with E-state index in [9.17, 15) is 4.79 Å². The van der Waals surface area contributed by atoms with Crippen molar-refractivity contribution < 1.29 is 4.74 Å². The molecule has 0 saturated heterocycles. The molecule has 9 heteroatoms. The molecule has 0 aliphatic heterocycles. The number of hydrogen-bond donors (Lipinski definition) is 0. The van der Waals surface area contributed by atoms with Gasteiger partial charge in [0, 0.05) is 5.69 Å². The number of hydrogen-bond acceptors (Lipinski definition) is 7. The summed E-state index contributed by atoms with van der Waals surface area (Å²) in [5, 5.41) is 9.52. The molecule has 0 aliphatic carbocycles. The highest BCUT2D eigenvalue weighted by molar-refractivity contribution is 7.99. The van der Waals surface area contributed by atoms with Gasteiger partial charge in [0.25, 0.3) is 5.56 Å². The summed E-state index contributed by atoms with van der Waals surface area (Å²) in [5.74, 6) is 0.894. The highest BCUT2D eigenvalue weighted by atomic mass is 32.2. The van der Waals surface area contributed by atoms with Crippen molar-refractivity contribution in [3.8, 4) is 23.2 Å². The number of fused-ring (bicyclic) bond motifs is 1. The van der Waals surface area contributed by atoms with Crippen LogP contribution in [0.5, 0.6) is 5.75 Å². The van der Waals surface area contributed by atoms with Crippen molar-refractivity contribution in [1.29, 1.82) is 5.26 Å². The van der Waals surface area contributed by atoms with Crippen LogP contribution in [0.1, 0.15) is 6.92 Å². The van der Waals surface area contributed by atoms with Crippen molar-refractivity contribution in [3.63, 3.8) is 0 Å². The van der Waals surface area contributed by atoms with E-state index < -0.39 is 0 Å². The van der Waals surface area contributed by atoms with Gasteiger partial charge in [0.15, 0.2) is 14.8 Å². The Morgan fingerprint density at radius 2 is 1.83 bits per heavy atom. The van der Waals surface area contributed by atoms with Crippen LogP contribution >= 0.6 is 35.3 Å². The summed E-state index contributed by atoms with van der Waals surface area (Å²) in [6.07, 6.45) is 0. The summed E-state index contributed by atoms with van der Waals surface area (Å²) in [6, 6.07) is 18.9. The number of aromatic nitrogens is 3. The van der Waals surface area contributed by atoms with Crippen LogP contribution in [0.3, 0.4) is 0 Å². The molecule has 0 unspecified atom stereocenters. The zero-order valence-corrected chi connectivity index (χ0v) is 18.4. The van der Waals surface area contributed by atoms with Crippen molar-refractivity contribution in [1.82, 2.24) is 14.1 Å². The van der Waals surface area contributed by atoms with E-state index in [4.69, 9.17) is 27.2 Å². The molecule has 0 fully saturated rings. The smallest absolute Gasteiger partial charge is 0.278 e. The minimum atomic E-state index is -0.213. The van der Waals surface area contributed by atoms with E-state index in [0.717, 1.165) is 11.4 Å². The third-order valence-electron chi connectivity index (χ3n) is 4.26. The van der Waals surface area contributed by atoms with Crippen molar-refractivity contribution >= 4 is 45.7 Å². The molecule has 2 aromatic carbocycles. The van der Waals surface area contributed by atoms with Gasteiger partial charge < -0.3 is 4.74 Å². The fraction of sp³-hybridized carbons (Fsp3) is 0.143. The Hall–Kier alpha value is -2.93. The van der Waals surface area contributed by atoms with E-state index in [-0.39, 0.29) is 11.3 Å². The molecule has 2 heterocycles.